The van der Waals surface area contributed by atoms with Gasteiger partial charge in [-0.25, -0.2) is 0 Å². The summed E-state index contributed by atoms with van der Waals surface area (Å²) >= 11 is 0. The standard InChI is InChI=1S/C11H14O.CH4O/c1-3-6-10(4-2)11(9-12)7-5-8-11;1-2/h3-4,6,9H,1-2,5,7-8H2;2H,1H3/b10-6+;. The van der Waals surface area contributed by atoms with E-state index in [9.17, 15) is 4.79 Å². The van der Waals surface area contributed by atoms with Crippen LogP contribution in [0.4, 0.5) is 0 Å². The van der Waals surface area contributed by atoms with Gasteiger partial charge in [0.05, 0.1) is 5.41 Å². The van der Waals surface area contributed by atoms with Gasteiger partial charge in [0.15, 0.2) is 0 Å². The number of aldehydes is 1. The molecule has 2 nitrogen and oxygen atoms in total. The van der Waals surface area contributed by atoms with E-state index in [1.807, 2.05) is 6.08 Å². The van der Waals surface area contributed by atoms with Crippen molar-refractivity contribution in [2.45, 2.75) is 19.3 Å². The van der Waals surface area contributed by atoms with Crippen LogP contribution >= 0.6 is 0 Å². The van der Waals surface area contributed by atoms with Crippen LogP contribution in [-0.2, 0) is 4.79 Å². The number of hydrogen-bond acceptors (Lipinski definition) is 2. The number of aliphatic hydroxyl groups excluding tert-OH is 1. The Kier molecular flexibility index (Phi) is 5.81. The third kappa shape index (κ3) is 2.42. The zero-order valence-corrected chi connectivity index (χ0v) is 8.70. The summed E-state index contributed by atoms with van der Waals surface area (Å²) < 4.78 is 0. The Morgan fingerprint density at radius 1 is 1.36 bits per heavy atom. The summed E-state index contributed by atoms with van der Waals surface area (Å²) in [6.45, 7) is 7.32. The fraction of sp³-hybridized carbons (Fsp3) is 0.417. The molecule has 78 valence electrons. The Labute approximate surface area is 85.6 Å². The summed E-state index contributed by atoms with van der Waals surface area (Å²) in [6.07, 6.45) is 9.45. The van der Waals surface area contributed by atoms with Crippen LogP contribution < -0.4 is 0 Å². The molecule has 0 spiro atoms. The van der Waals surface area contributed by atoms with Gasteiger partial charge < -0.3 is 9.90 Å². The molecule has 0 saturated heterocycles. The van der Waals surface area contributed by atoms with E-state index in [1.54, 1.807) is 12.2 Å². The monoisotopic (exact) mass is 194 g/mol. The van der Waals surface area contributed by atoms with Gasteiger partial charge in [0.1, 0.15) is 6.29 Å². The molecule has 0 radical (unpaired) electrons. The maximum atomic E-state index is 10.9. The molecule has 0 aromatic heterocycles. The fourth-order valence-electron chi connectivity index (χ4n) is 1.60. The fourth-order valence-corrected chi connectivity index (χ4v) is 1.60. The second kappa shape index (κ2) is 6.33. The van der Waals surface area contributed by atoms with E-state index < -0.39 is 0 Å². The van der Waals surface area contributed by atoms with Crippen LogP contribution in [0.25, 0.3) is 0 Å². The number of aliphatic hydroxyl groups is 1. The number of hydrogen-bond donors (Lipinski definition) is 1. The molecule has 1 rings (SSSR count). The minimum absolute atomic E-state index is 0.226. The van der Waals surface area contributed by atoms with Gasteiger partial charge in [-0.3, -0.25) is 0 Å². The van der Waals surface area contributed by atoms with E-state index in [0.29, 0.717) is 0 Å². The maximum Gasteiger partial charge on any atom is 0.130 e. The Morgan fingerprint density at radius 2 is 1.93 bits per heavy atom. The maximum absolute atomic E-state index is 10.9. The van der Waals surface area contributed by atoms with Crippen LogP contribution in [0.5, 0.6) is 0 Å². The van der Waals surface area contributed by atoms with Crippen LogP contribution in [0.15, 0.2) is 37.0 Å². The topological polar surface area (TPSA) is 37.3 Å². The van der Waals surface area contributed by atoms with Crippen molar-refractivity contribution in [1.29, 1.82) is 0 Å². The van der Waals surface area contributed by atoms with Gasteiger partial charge in [-0.15, -0.1) is 0 Å². The molecule has 0 aromatic rings. The van der Waals surface area contributed by atoms with E-state index >= 15 is 0 Å². The lowest BCUT2D eigenvalue weighted by Crippen LogP contribution is -2.32. The Morgan fingerprint density at radius 3 is 2.14 bits per heavy atom. The van der Waals surface area contributed by atoms with Gasteiger partial charge >= 0.3 is 0 Å². The van der Waals surface area contributed by atoms with Crippen LogP contribution in [0.1, 0.15) is 19.3 Å². The van der Waals surface area contributed by atoms with Crippen molar-refractivity contribution in [2.24, 2.45) is 5.41 Å². The van der Waals surface area contributed by atoms with Gasteiger partial charge in [0.25, 0.3) is 0 Å². The molecule has 0 aliphatic heterocycles. The first-order chi connectivity index (χ1) is 6.79. The Hall–Kier alpha value is -1.15. The number of carbonyl (C=O) groups excluding carboxylic acids is 1. The van der Waals surface area contributed by atoms with Crippen molar-refractivity contribution >= 4 is 6.29 Å². The molecule has 0 unspecified atom stereocenters. The molecule has 0 amide bonds. The first kappa shape index (κ1) is 12.8. The van der Waals surface area contributed by atoms with Crippen LogP contribution in [0.2, 0.25) is 0 Å². The third-order valence-electron chi connectivity index (χ3n) is 2.56. The quantitative estimate of drug-likeness (QED) is 0.550. The van der Waals surface area contributed by atoms with Gasteiger partial charge in [0, 0.05) is 7.11 Å². The highest BCUT2D eigenvalue weighted by Crippen LogP contribution is 2.45. The molecule has 2 heteroatoms. The third-order valence-corrected chi connectivity index (χ3v) is 2.56. The predicted octanol–water partition coefficient (Wildman–Crippen LogP) is 2.26. The minimum atomic E-state index is -0.226. The first-order valence-electron chi connectivity index (χ1n) is 4.66. The van der Waals surface area contributed by atoms with Crippen molar-refractivity contribution in [3.63, 3.8) is 0 Å². The van der Waals surface area contributed by atoms with E-state index in [-0.39, 0.29) is 5.41 Å². The van der Waals surface area contributed by atoms with Crippen molar-refractivity contribution in [1.82, 2.24) is 0 Å². The number of carbonyl (C=O) groups is 1. The lowest BCUT2D eigenvalue weighted by molar-refractivity contribution is -0.117. The molecular weight excluding hydrogens is 176 g/mol. The summed E-state index contributed by atoms with van der Waals surface area (Å²) in [4.78, 5) is 10.9. The first-order valence-corrected chi connectivity index (χ1v) is 4.66. The van der Waals surface area contributed by atoms with Crippen molar-refractivity contribution < 1.29 is 9.90 Å². The summed E-state index contributed by atoms with van der Waals surface area (Å²) in [5, 5.41) is 7.00. The second-order valence-electron chi connectivity index (χ2n) is 3.19. The molecule has 0 heterocycles. The number of rotatable bonds is 4. The van der Waals surface area contributed by atoms with Gasteiger partial charge in [0.2, 0.25) is 0 Å². The predicted molar refractivity (Wildman–Crippen MR) is 59.0 cm³/mol. The molecule has 14 heavy (non-hydrogen) atoms. The lowest BCUT2D eigenvalue weighted by Gasteiger charge is -2.37. The lowest BCUT2D eigenvalue weighted by atomic mass is 9.65. The van der Waals surface area contributed by atoms with E-state index in [0.717, 1.165) is 38.2 Å². The Bertz CT molecular complexity index is 235. The van der Waals surface area contributed by atoms with Crippen molar-refractivity contribution in [2.75, 3.05) is 7.11 Å². The summed E-state index contributed by atoms with van der Waals surface area (Å²) in [5.41, 5.74) is 0.786. The van der Waals surface area contributed by atoms with Gasteiger partial charge in [-0.1, -0.05) is 37.8 Å². The van der Waals surface area contributed by atoms with Crippen LogP contribution in [0.3, 0.4) is 0 Å². The SMILES string of the molecule is C=C/C=C(\C=C)C1(C=O)CCC1.CO. The molecule has 0 atom stereocenters. The van der Waals surface area contributed by atoms with E-state index in [1.165, 1.54) is 0 Å². The normalized spacial score (nSPS) is 18.3. The van der Waals surface area contributed by atoms with E-state index in [4.69, 9.17) is 5.11 Å². The average molecular weight is 194 g/mol. The molecule has 1 saturated carbocycles. The zero-order chi connectivity index (χ0) is 11.0. The van der Waals surface area contributed by atoms with Gasteiger partial charge in [-0.2, -0.15) is 0 Å². The molecule has 1 fully saturated rings. The molecular formula is C12H18O2. The molecule has 1 N–H and O–H groups in total. The summed E-state index contributed by atoms with van der Waals surface area (Å²) in [5.74, 6) is 0. The van der Waals surface area contributed by atoms with E-state index in [2.05, 4.69) is 13.2 Å². The second-order valence-corrected chi connectivity index (χ2v) is 3.19. The van der Waals surface area contributed by atoms with Gasteiger partial charge in [-0.05, 0) is 18.4 Å². The highest BCUT2D eigenvalue weighted by Gasteiger charge is 2.38. The molecule has 0 aromatic carbocycles. The summed E-state index contributed by atoms with van der Waals surface area (Å²) in [6, 6.07) is 0. The van der Waals surface area contributed by atoms with Crippen LogP contribution in [-0.4, -0.2) is 18.5 Å². The number of allylic oxidation sites excluding steroid dienone is 4. The van der Waals surface area contributed by atoms with Crippen molar-refractivity contribution in [3.8, 4) is 0 Å². The largest absolute Gasteiger partial charge is 0.400 e. The average Bonchev–Trinajstić information content (AvgIpc) is 2.19. The zero-order valence-electron chi connectivity index (χ0n) is 8.70. The molecule has 1 aliphatic rings. The summed E-state index contributed by atoms with van der Waals surface area (Å²) in [7, 11) is 1.00. The molecule has 1 aliphatic carbocycles. The molecule has 0 bridgehead atoms. The van der Waals surface area contributed by atoms with Crippen LogP contribution in [0, 0.1) is 5.41 Å². The minimum Gasteiger partial charge on any atom is -0.400 e. The smallest absolute Gasteiger partial charge is 0.130 e. The Balaban J connectivity index is 0.000000791. The highest BCUT2D eigenvalue weighted by atomic mass is 16.2. The van der Waals surface area contributed by atoms with Crippen molar-refractivity contribution in [3.05, 3.63) is 37.0 Å². The highest BCUT2D eigenvalue weighted by molar-refractivity contribution is 5.68.